The molecule has 4 heteroatoms. The first kappa shape index (κ1) is 12.0. The molecule has 1 aliphatic carbocycles. The van der Waals surface area contributed by atoms with Crippen molar-refractivity contribution in [2.45, 2.75) is 33.1 Å². The summed E-state index contributed by atoms with van der Waals surface area (Å²) in [6.45, 7) is 3.89. The second-order valence-corrected chi connectivity index (χ2v) is 4.58. The number of carbonyl (C=O) groups excluding carboxylic acids is 1. The number of carbonyl (C=O) groups is 2. The zero-order chi connectivity index (χ0) is 11.6. The second-order valence-electron chi connectivity index (χ2n) is 4.58. The highest BCUT2D eigenvalue weighted by atomic mass is 16.5. The highest BCUT2D eigenvalue weighted by Crippen LogP contribution is 2.48. The van der Waals surface area contributed by atoms with Crippen molar-refractivity contribution in [3.8, 4) is 0 Å². The highest BCUT2D eigenvalue weighted by Gasteiger charge is 2.50. The Balaban J connectivity index is 2.87. The largest absolute Gasteiger partial charge is 0.481 e. The molecular weight excluding hydrogens is 196 g/mol. The van der Waals surface area contributed by atoms with Crippen LogP contribution in [-0.2, 0) is 14.3 Å². The number of esters is 1. The molecule has 0 radical (unpaired) electrons. The van der Waals surface area contributed by atoms with E-state index in [1.807, 2.05) is 13.8 Å². The van der Waals surface area contributed by atoms with Crippen molar-refractivity contribution in [2.24, 2.45) is 17.3 Å². The minimum atomic E-state index is -0.804. The number of carboxylic acid groups (broad SMARTS) is 1. The normalized spacial score (nSPS) is 30.5. The Hall–Kier alpha value is -1.06. The van der Waals surface area contributed by atoms with Gasteiger partial charge >= 0.3 is 11.9 Å². The summed E-state index contributed by atoms with van der Waals surface area (Å²) in [5.74, 6) is -1.34. The first-order valence-electron chi connectivity index (χ1n) is 5.25. The Kier molecular flexibility index (Phi) is 3.37. The molecule has 1 saturated carbocycles. The lowest BCUT2D eigenvalue weighted by Crippen LogP contribution is -2.35. The van der Waals surface area contributed by atoms with E-state index in [0.29, 0.717) is 19.3 Å². The van der Waals surface area contributed by atoms with E-state index in [4.69, 9.17) is 9.84 Å². The Morgan fingerprint density at radius 2 is 2.07 bits per heavy atom. The van der Waals surface area contributed by atoms with Crippen LogP contribution >= 0.6 is 0 Å². The molecule has 2 unspecified atom stereocenters. The van der Waals surface area contributed by atoms with Gasteiger partial charge in [-0.3, -0.25) is 9.59 Å². The summed E-state index contributed by atoms with van der Waals surface area (Å²) in [7, 11) is 1.36. The van der Waals surface area contributed by atoms with E-state index in [0.717, 1.165) is 0 Å². The van der Waals surface area contributed by atoms with E-state index in [2.05, 4.69) is 0 Å². The molecule has 1 N–H and O–H groups in total. The fourth-order valence-corrected chi connectivity index (χ4v) is 2.44. The molecule has 0 aliphatic heterocycles. The van der Waals surface area contributed by atoms with Crippen LogP contribution < -0.4 is 0 Å². The van der Waals surface area contributed by atoms with Crippen molar-refractivity contribution in [3.63, 3.8) is 0 Å². The zero-order valence-electron chi connectivity index (χ0n) is 9.45. The number of methoxy groups -OCH3 is 1. The molecule has 0 spiro atoms. The van der Waals surface area contributed by atoms with Crippen LogP contribution in [-0.4, -0.2) is 24.2 Å². The molecule has 1 fully saturated rings. The van der Waals surface area contributed by atoms with Crippen LogP contribution in [0.4, 0.5) is 0 Å². The topological polar surface area (TPSA) is 63.6 Å². The molecule has 15 heavy (non-hydrogen) atoms. The summed E-state index contributed by atoms with van der Waals surface area (Å²) in [6, 6.07) is 0. The fraction of sp³-hybridized carbons (Fsp3) is 0.818. The van der Waals surface area contributed by atoms with Crippen molar-refractivity contribution in [2.75, 3.05) is 7.11 Å². The molecule has 0 aromatic rings. The third-order valence-electron chi connectivity index (χ3n) is 3.60. The quantitative estimate of drug-likeness (QED) is 0.726. The fourth-order valence-electron chi connectivity index (χ4n) is 2.44. The van der Waals surface area contributed by atoms with Gasteiger partial charge < -0.3 is 9.84 Å². The van der Waals surface area contributed by atoms with Gasteiger partial charge in [-0.2, -0.15) is 0 Å². The van der Waals surface area contributed by atoms with Gasteiger partial charge in [-0.15, -0.1) is 0 Å². The van der Waals surface area contributed by atoms with Gasteiger partial charge in [-0.25, -0.2) is 0 Å². The number of aliphatic carboxylic acids is 1. The summed E-state index contributed by atoms with van der Waals surface area (Å²) in [4.78, 5) is 22.6. The molecule has 86 valence electrons. The van der Waals surface area contributed by atoms with Gasteiger partial charge in [-0.05, 0) is 25.2 Å². The van der Waals surface area contributed by atoms with Gasteiger partial charge in [-0.1, -0.05) is 13.8 Å². The predicted octanol–water partition coefficient (Wildman–Crippen LogP) is 1.69. The van der Waals surface area contributed by atoms with Gasteiger partial charge in [0.05, 0.1) is 18.4 Å². The van der Waals surface area contributed by atoms with Crippen LogP contribution in [0.25, 0.3) is 0 Å². The van der Waals surface area contributed by atoms with E-state index in [9.17, 15) is 9.59 Å². The molecule has 0 amide bonds. The molecule has 0 aromatic heterocycles. The third kappa shape index (κ3) is 1.98. The number of carboxylic acids is 1. The summed E-state index contributed by atoms with van der Waals surface area (Å²) in [5.41, 5.74) is -0.586. The maximum absolute atomic E-state index is 11.7. The first-order chi connectivity index (χ1) is 6.94. The van der Waals surface area contributed by atoms with E-state index < -0.39 is 17.3 Å². The molecule has 0 saturated heterocycles. The van der Waals surface area contributed by atoms with Crippen LogP contribution in [0.1, 0.15) is 33.1 Å². The second kappa shape index (κ2) is 4.21. The Morgan fingerprint density at radius 1 is 1.47 bits per heavy atom. The van der Waals surface area contributed by atoms with Crippen LogP contribution in [0.5, 0.6) is 0 Å². The monoisotopic (exact) mass is 214 g/mol. The zero-order valence-corrected chi connectivity index (χ0v) is 9.45. The Labute approximate surface area is 89.6 Å². The lowest BCUT2D eigenvalue weighted by Gasteiger charge is -2.30. The minimum absolute atomic E-state index is 0.120. The van der Waals surface area contributed by atoms with Crippen LogP contribution in [0.3, 0.4) is 0 Å². The number of ether oxygens (including phenoxy) is 1. The van der Waals surface area contributed by atoms with Gasteiger partial charge in [0.1, 0.15) is 0 Å². The van der Waals surface area contributed by atoms with Crippen molar-refractivity contribution in [3.05, 3.63) is 0 Å². The molecule has 2 atom stereocenters. The number of hydrogen-bond donors (Lipinski definition) is 1. The highest BCUT2D eigenvalue weighted by molar-refractivity contribution is 5.80. The van der Waals surface area contributed by atoms with Crippen molar-refractivity contribution in [1.82, 2.24) is 0 Å². The van der Waals surface area contributed by atoms with E-state index in [1.165, 1.54) is 7.11 Å². The maximum Gasteiger partial charge on any atom is 0.312 e. The Morgan fingerprint density at radius 3 is 2.40 bits per heavy atom. The average molecular weight is 214 g/mol. The lowest BCUT2D eigenvalue weighted by molar-refractivity contribution is -0.156. The number of hydrogen-bond acceptors (Lipinski definition) is 3. The van der Waals surface area contributed by atoms with E-state index >= 15 is 0 Å². The molecule has 1 rings (SSSR count). The molecule has 1 aliphatic rings. The molecular formula is C11H18O4. The van der Waals surface area contributed by atoms with Crippen LogP contribution in [0.2, 0.25) is 0 Å². The van der Waals surface area contributed by atoms with E-state index in [1.54, 1.807) is 0 Å². The summed E-state index contributed by atoms with van der Waals surface area (Å²) >= 11 is 0. The third-order valence-corrected chi connectivity index (χ3v) is 3.60. The predicted molar refractivity (Wildman–Crippen MR) is 54.3 cm³/mol. The van der Waals surface area contributed by atoms with Gasteiger partial charge in [0.2, 0.25) is 0 Å². The van der Waals surface area contributed by atoms with Crippen LogP contribution in [0.15, 0.2) is 0 Å². The van der Waals surface area contributed by atoms with Crippen molar-refractivity contribution in [1.29, 1.82) is 0 Å². The molecule has 0 heterocycles. The molecule has 4 nitrogen and oxygen atoms in total. The van der Waals surface area contributed by atoms with Crippen molar-refractivity contribution < 1.29 is 19.4 Å². The molecule has 0 bridgehead atoms. The average Bonchev–Trinajstić information content (AvgIpc) is 2.62. The van der Waals surface area contributed by atoms with Crippen molar-refractivity contribution >= 4 is 11.9 Å². The minimum Gasteiger partial charge on any atom is -0.481 e. The summed E-state index contributed by atoms with van der Waals surface area (Å²) in [6.07, 6.45) is 1.60. The smallest absolute Gasteiger partial charge is 0.312 e. The number of rotatable bonds is 3. The maximum atomic E-state index is 11.7. The lowest BCUT2D eigenvalue weighted by atomic mass is 9.75. The van der Waals surface area contributed by atoms with Gasteiger partial charge in [0.25, 0.3) is 0 Å². The van der Waals surface area contributed by atoms with E-state index in [-0.39, 0.29) is 11.9 Å². The summed E-state index contributed by atoms with van der Waals surface area (Å²) in [5, 5.41) is 8.93. The van der Waals surface area contributed by atoms with Gasteiger partial charge in [0, 0.05) is 0 Å². The molecule has 0 aromatic carbocycles. The Bertz CT molecular complexity index is 272. The van der Waals surface area contributed by atoms with Gasteiger partial charge in [0.15, 0.2) is 0 Å². The SMILES string of the molecule is COC(=O)C1(C(C)C)CCC(C(=O)O)C1. The summed E-state index contributed by atoms with van der Waals surface area (Å²) < 4.78 is 4.80. The standard InChI is InChI=1S/C11H18O4/c1-7(2)11(10(14)15-3)5-4-8(6-11)9(12)13/h7-8H,4-6H2,1-3H3,(H,12,13). The first-order valence-corrected chi connectivity index (χ1v) is 5.25. The van der Waals surface area contributed by atoms with Crippen LogP contribution in [0, 0.1) is 17.3 Å².